The molecule has 6 rings (SSSR count). The van der Waals surface area contributed by atoms with E-state index in [1.807, 2.05) is 31.7 Å². The molecule has 64 heavy (non-hydrogen) atoms. The molecule has 4 aliphatic rings. The summed E-state index contributed by atoms with van der Waals surface area (Å²) < 4.78 is 5.55. The Kier molecular flexibility index (Phi) is 24.2. The fourth-order valence-corrected chi connectivity index (χ4v) is 10.3. The number of ether oxygens (including phenoxy) is 1. The van der Waals surface area contributed by atoms with Crippen molar-refractivity contribution in [3.05, 3.63) is 71.8 Å². The molecule has 28 radical (unpaired) electrons. The first-order valence-electron chi connectivity index (χ1n) is 22.4. The van der Waals surface area contributed by atoms with Crippen LogP contribution >= 0.6 is 0 Å². The quantitative estimate of drug-likeness (QED) is 0.184. The van der Waals surface area contributed by atoms with Crippen molar-refractivity contribution >= 4 is 191 Å². The van der Waals surface area contributed by atoms with Crippen molar-refractivity contribution in [3.63, 3.8) is 0 Å². The molecular weight excluding hydrogens is 753 g/mol. The Morgan fingerprint density at radius 3 is 1.38 bits per heavy atom. The largest absolute Gasteiger partial charge is 0.444 e. The van der Waals surface area contributed by atoms with Crippen LogP contribution in [0.4, 0.5) is 4.79 Å². The summed E-state index contributed by atoms with van der Waals surface area (Å²) >= 11 is 0. The molecule has 4 aliphatic heterocycles. The molecule has 4 atom stereocenters. The highest BCUT2D eigenvalue weighted by molar-refractivity contribution is 8.25. The van der Waals surface area contributed by atoms with Crippen LogP contribution in [0.1, 0.15) is 52.2 Å². The zero-order valence-electron chi connectivity index (χ0n) is 37.8. The fourth-order valence-electron chi connectivity index (χ4n) is 10.3. The molecule has 4 bridgehead atoms. The summed E-state index contributed by atoms with van der Waals surface area (Å²) in [5.41, 5.74) is 2.36. The summed E-state index contributed by atoms with van der Waals surface area (Å²) in [6.45, 7) is 14.5. The lowest BCUT2D eigenvalue weighted by Crippen LogP contribution is -2.86. The van der Waals surface area contributed by atoms with Crippen molar-refractivity contribution in [3.8, 4) is 0 Å². The average molecular weight is 802 g/mol. The maximum atomic E-state index is 12.4. The third-order valence-corrected chi connectivity index (χ3v) is 12.8. The number of piperidine rings is 2. The van der Waals surface area contributed by atoms with Crippen molar-refractivity contribution in [2.45, 2.75) is 71.8 Å². The standard InChI is InChI=1S/C18H26N2O2.C13H18N2.CH4.B26/c1-18(2,3)22-17(21)20-12-15-9-16(20)13-19(11-15)10-14-7-5-4-6-8-14;1-2-4-11(5-3-1)8-15-9-12-6-13(10-15)14-7-12;;1-15(2)22(16(3)4)25(21(13)14)26(23(17(5)6)18(7)8)24(19(9)10)20(11)12/h4-8,15-16H,9-13H2,1-3H3;1-5,12-14H,6-10H2;1H4;. The lowest BCUT2D eigenvalue weighted by molar-refractivity contribution is 0.0209. The molecule has 4 fully saturated rings. The average Bonchev–Trinajstić information content (AvgIpc) is 3.68. The number of benzene rings is 2. The molecule has 4 saturated heterocycles. The van der Waals surface area contributed by atoms with Gasteiger partial charge in [-0.05, 0) is 63.1 Å². The Hall–Kier alpha value is -0.722. The molecule has 0 saturated carbocycles. The van der Waals surface area contributed by atoms with Gasteiger partial charge in [0.1, 0.15) is 5.60 Å². The zero-order valence-corrected chi connectivity index (χ0v) is 37.8. The van der Waals surface area contributed by atoms with Gasteiger partial charge >= 0.3 is 6.09 Å². The number of carbonyl (C=O) groups is 1. The van der Waals surface area contributed by atoms with E-state index in [1.54, 1.807) is 0 Å². The van der Waals surface area contributed by atoms with Gasteiger partial charge in [0.15, 0.2) is 0 Å². The van der Waals surface area contributed by atoms with E-state index in [-0.39, 0.29) is 13.5 Å². The van der Waals surface area contributed by atoms with E-state index in [1.165, 1.54) is 37.2 Å². The topological polar surface area (TPSA) is 48.1 Å². The van der Waals surface area contributed by atoms with Gasteiger partial charge < -0.3 is 15.0 Å². The van der Waals surface area contributed by atoms with Crippen LogP contribution < -0.4 is 5.32 Å². The number of nitrogens with zero attached hydrogens (tertiary/aromatic N) is 3. The smallest absolute Gasteiger partial charge is 0.410 e. The minimum Gasteiger partial charge on any atom is -0.444 e. The van der Waals surface area contributed by atoms with Gasteiger partial charge in [-0.1, -0.05) is 68.1 Å². The molecule has 2 aromatic carbocycles. The Labute approximate surface area is 412 Å². The van der Waals surface area contributed by atoms with E-state index in [9.17, 15) is 4.79 Å². The lowest BCUT2D eigenvalue weighted by atomic mass is 8.34. The molecule has 0 aliphatic carbocycles. The highest BCUT2D eigenvalue weighted by Crippen LogP contribution is 2.32. The van der Waals surface area contributed by atoms with Crippen LogP contribution in [0.5, 0.6) is 0 Å². The van der Waals surface area contributed by atoms with Gasteiger partial charge in [-0.15, -0.1) is 0 Å². The SMILES string of the molecule is C.CC(C)(C)OC(=O)N1CC2CC1CN(Cc1ccccc1)C2.[B]B([B])B(B([B])[B])B(B([B])[B])B(B(B([B])[B])B([B])[B])B(B([B])[B])B([B])[B].c1ccc(CN2CC3CNC(C3)C2)cc1. The van der Waals surface area contributed by atoms with E-state index in [0.29, 0.717) is 12.0 Å². The zero-order chi connectivity index (χ0) is 46.8. The normalized spacial score (nSPS) is 19.7. The van der Waals surface area contributed by atoms with E-state index in [0.717, 1.165) is 51.1 Å². The van der Waals surface area contributed by atoms with Crippen molar-refractivity contribution in [2.24, 2.45) is 11.8 Å². The summed E-state index contributed by atoms with van der Waals surface area (Å²) in [6, 6.07) is 22.4. The molecule has 286 valence electrons. The molecular formula is C32H48B26N4O2. The van der Waals surface area contributed by atoms with Crippen molar-refractivity contribution in [1.29, 1.82) is 0 Å². The van der Waals surface area contributed by atoms with Crippen LogP contribution in [0.15, 0.2) is 60.7 Å². The summed E-state index contributed by atoms with van der Waals surface area (Å²) in [4.78, 5) is 19.4. The third kappa shape index (κ3) is 17.4. The van der Waals surface area contributed by atoms with Crippen LogP contribution in [0.2, 0.25) is 0 Å². The second-order valence-electron chi connectivity index (χ2n) is 19.4. The first-order chi connectivity index (χ1) is 29.6. The van der Waals surface area contributed by atoms with Gasteiger partial charge in [0.25, 0.3) is 0 Å². The molecule has 32 heteroatoms. The summed E-state index contributed by atoms with van der Waals surface area (Å²) in [5.74, 6) is 1.47. The van der Waals surface area contributed by atoms with E-state index >= 15 is 0 Å². The molecule has 0 spiro atoms. The number of rotatable bonds is 15. The highest BCUT2D eigenvalue weighted by Gasteiger charge is 2.50. The highest BCUT2D eigenvalue weighted by atomic mass is 16.6. The van der Waals surface area contributed by atoms with Crippen LogP contribution in [0, 0.1) is 11.8 Å². The number of amides is 1. The first-order valence-corrected chi connectivity index (χ1v) is 22.4. The Morgan fingerprint density at radius 1 is 0.562 bits per heavy atom. The van der Waals surface area contributed by atoms with Crippen LogP contribution in [0.25, 0.3) is 0 Å². The Balaban J connectivity index is 0.000000260. The Bertz CT molecular complexity index is 1580. The molecule has 0 aromatic heterocycles. The van der Waals surface area contributed by atoms with Crippen molar-refractivity contribution < 1.29 is 9.53 Å². The maximum absolute atomic E-state index is 12.4. The lowest BCUT2D eigenvalue weighted by Gasteiger charge is -2.48. The van der Waals surface area contributed by atoms with Gasteiger partial charge in [0.05, 0.1) is 0 Å². The Morgan fingerprint density at radius 2 is 0.969 bits per heavy atom. The van der Waals surface area contributed by atoms with Gasteiger partial charge in [0.2, 0.25) is 0 Å². The van der Waals surface area contributed by atoms with E-state index < -0.39 is 82.2 Å². The number of hydrogen-bond acceptors (Lipinski definition) is 5. The second-order valence-corrected chi connectivity index (χ2v) is 19.4. The van der Waals surface area contributed by atoms with Crippen LogP contribution in [-0.4, -0.2) is 263 Å². The van der Waals surface area contributed by atoms with E-state index in [4.69, 9.17) is 113 Å². The third-order valence-electron chi connectivity index (χ3n) is 12.8. The maximum Gasteiger partial charge on any atom is 0.410 e. The predicted octanol–water partition coefficient (Wildman–Crippen LogP) is -4.66. The van der Waals surface area contributed by atoms with Crippen molar-refractivity contribution in [2.75, 3.05) is 39.3 Å². The number of likely N-dealkylation sites (tertiary alicyclic amines) is 3. The number of hydrogen-bond donors (Lipinski definition) is 1. The summed E-state index contributed by atoms with van der Waals surface area (Å²) in [7, 11) is 82.9. The van der Waals surface area contributed by atoms with Gasteiger partial charge in [-0.3, -0.25) is 9.80 Å². The fraction of sp³-hybridized carbons (Fsp3) is 0.594. The monoisotopic (exact) mass is 807 g/mol. The second kappa shape index (κ2) is 26.9. The van der Waals surface area contributed by atoms with Gasteiger partial charge in [-0.2, -0.15) is 0 Å². The minimum absolute atomic E-state index is 0. The van der Waals surface area contributed by atoms with Gasteiger partial charge in [-0.25, -0.2) is 4.79 Å². The number of nitrogens with one attached hydrogen (secondary N) is 1. The summed E-state index contributed by atoms with van der Waals surface area (Å²) in [5, 5.41) is 3.59. The van der Waals surface area contributed by atoms with Crippen molar-refractivity contribution in [1.82, 2.24) is 20.0 Å². The van der Waals surface area contributed by atoms with Crippen LogP contribution in [-0.2, 0) is 17.8 Å². The molecule has 6 nitrogen and oxygen atoms in total. The molecule has 4 unspecified atom stereocenters. The molecule has 4 heterocycles. The minimum atomic E-state index is -1.02. The number of fused-ring (bicyclic) bond motifs is 4. The van der Waals surface area contributed by atoms with E-state index in [2.05, 4.69) is 69.7 Å². The number of carbonyl (C=O) groups excluding carboxylic acids is 1. The molecule has 1 N–H and O–H groups in total. The molecule has 1 amide bonds. The first kappa shape index (κ1) is 57.6. The molecule has 2 aromatic rings. The predicted molar refractivity (Wildman–Crippen MR) is 305 cm³/mol. The van der Waals surface area contributed by atoms with Crippen LogP contribution in [0.3, 0.4) is 0 Å². The van der Waals surface area contributed by atoms with Gasteiger partial charge in [0, 0.05) is 243 Å². The summed E-state index contributed by atoms with van der Waals surface area (Å²) in [6.07, 6.45) is -8.50.